The van der Waals surface area contributed by atoms with Crippen LogP contribution in [-0.4, -0.2) is 16.5 Å². The van der Waals surface area contributed by atoms with Crippen molar-refractivity contribution in [3.63, 3.8) is 0 Å². The molecule has 1 rings (SSSR count). The molecule has 1 aliphatic rings. The quantitative estimate of drug-likeness (QED) is 0.651. The van der Waals surface area contributed by atoms with Crippen LogP contribution in [0, 0.1) is 11.8 Å². The van der Waals surface area contributed by atoms with Crippen molar-refractivity contribution in [2.75, 3.05) is 0 Å². The van der Waals surface area contributed by atoms with Crippen LogP contribution in [0.5, 0.6) is 0 Å². The molecule has 0 aliphatic heterocycles. The predicted octanol–water partition coefficient (Wildman–Crippen LogP) is 1.76. The third kappa shape index (κ3) is 1.53. The molecule has 0 aromatic rings. The molecule has 0 heterocycles. The van der Waals surface area contributed by atoms with Gasteiger partial charge in [-0.2, -0.15) is 0 Å². The van der Waals surface area contributed by atoms with Crippen molar-refractivity contribution in [2.45, 2.75) is 45.6 Å². The average Bonchev–Trinajstić information content (AvgIpc) is 1.97. The first-order valence-electron chi connectivity index (χ1n) is 4.72. The Morgan fingerprint density at radius 1 is 1.58 bits per heavy atom. The molecule has 12 heavy (non-hydrogen) atoms. The molecule has 1 saturated carbocycles. The predicted molar refractivity (Wildman–Crippen MR) is 47.8 cm³/mol. The highest BCUT2D eigenvalue weighted by Crippen LogP contribution is 2.33. The van der Waals surface area contributed by atoms with Crippen LogP contribution in [0.25, 0.3) is 0 Å². The summed E-state index contributed by atoms with van der Waals surface area (Å²) in [5, 5.41) is 9.99. The van der Waals surface area contributed by atoms with Crippen LogP contribution in [0.15, 0.2) is 0 Å². The van der Waals surface area contributed by atoms with Gasteiger partial charge in [-0.05, 0) is 24.7 Å². The van der Waals surface area contributed by atoms with Gasteiger partial charge in [0.15, 0.2) is 5.78 Å². The maximum atomic E-state index is 11.5. The van der Waals surface area contributed by atoms with Crippen molar-refractivity contribution in [3.8, 4) is 0 Å². The second-order valence-corrected chi connectivity index (χ2v) is 4.35. The Bertz CT molecular complexity index is 186. The molecule has 2 atom stereocenters. The van der Waals surface area contributed by atoms with Crippen LogP contribution >= 0.6 is 0 Å². The summed E-state index contributed by atoms with van der Waals surface area (Å²) < 4.78 is 0. The first kappa shape index (κ1) is 9.72. The highest BCUT2D eigenvalue weighted by molar-refractivity contribution is 5.88. The van der Waals surface area contributed by atoms with E-state index >= 15 is 0 Å². The van der Waals surface area contributed by atoms with Gasteiger partial charge < -0.3 is 5.11 Å². The van der Waals surface area contributed by atoms with Crippen LogP contribution < -0.4 is 0 Å². The highest BCUT2D eigenvalue weighted by Gasteiger charge is 2.42. The van der Waals surface area contributed by atoms with Gasteiger partial charge in [0.25, 0.3) is 0 Å². The second-order valence-electron chi connectivity index (χ2n) is 4.35. The zero-order valence-corrected chi connectivity index (χ0v) is 8.13. The lowest BCUT2D eigenvalue weighted by Gasteiger charge is -2.36. The Kier molecular flexibility index (Phi) is 2.57. The van der Waals surface area contributed by atoms with Gasteiger partial charge in [-0.25, -0.2) is 0 Å². The van der Waals surface area contributed by atoms with Gasteiger partial charge >= 0.3 is 0 Å². The number of hydrogen-bond acceptors (Lipinski definition) is 2. The van der Waals surface area contributed by atoms with Gasteiger partial charge in [-0.1, -0.05) is 20.8 Å². The van der Waals surface area contributed by atoms with E-state index in [1.165, 1.54) is 0 Å². The molecule has 2 nitrogen and oxygen atoms in total. The molecule has 0 spiro atoms. The number of carbonyl (C=O) groups excluding carboxylic acids is 1. The molecule has 2 heteroatoms. The first-order chi connectivity index (χ1) is 5.47. The minimum Gasteiger partial charge on any atom is -0.382 e. The van der Waals surface area contributed by atoms with Gasteiger partial charge in [-0.15, -0.1) is 0 Å². The number of carbonyl (C=O) groups is 1. The summed E-state index contributed by atoms with van der Waals surface area (Å²) in [4.78, 5) is 11.5. The third-order valence-corrected chi connectivity index (χ3v) is 2.99. The number of rotatable bonds is 1. The van der Waals surface area contributed by atoms with Crippen LogP contribution in [0.1, 0.15) is 40.0 Å². The standard InChI is InChI=1S/C10H18O2/c1-7(2)10(12)5-4-8(3)6-9(10)11/h7-8,12H,4-6H2,1-3H3/t8-,10-/m1/s1. The first-order valence-corrected chi connectivity index (χ1v) is 4.72. The smallest absolute Gasteiger partial charge is 0.164 e. The summed E-state index contributed by atoms with van der Waals surface area (Å²) in [6, 6.07) is 0. The Labute approximate surface area is 74.0 Å². The number of aliphatic hydroxyl groups is 1. The average molecular weight is 170 g/mol. The minimum atomic E-state index is -1.02. The fourth-order valence-electron chi connectivity index (χ4n) is 1.81. The molecule has 0 saturated heterocycles. The topological polar surface area (TPSA) is 37.3 Å². The molecule has 0 unspecified atom stereocenters. The summed E-state index contributed by atoms with van der Waals surface area (Å²) in [5.41, 5.74) is -1.02. The molecule has 1 fully saturated rings. The molecular formula is C10H18O2. The highest BCUT2D eigenvalue weighted by atomic mass is 16.3. The minimum absolute atomic E-state index is 0.0382. The lowest BCUT2D eigenvalue weighted by atomic mass is 9.73. The Morgan fingerprint density at radius 3 is 2.58 bits per heavy atom. The summed E-state index contributed by atoms with van der Waals surface area (Å²) in [6.07, 6.45) is 2.17. The second kappa shape index (κ2) is 3.17. The molecule has 0 radical (unpaired) electrons. The van der Waals surface area contributed by atoms with Gasteiger partial charge in [0.05, 0.1) is 0 Å². The SMILES string of the molecule is CC(C)[C@]1(O)CC[C@@H](C)CC1=O. The molecule has 1 aliphatic carbocycles. The molecular weight excluding hydrogens is 152 g/mol. The largest absolute Gasteiger partial charge is 0.382 e. The fraction of sp³-hybridized carbons (Fsp3) is 0.900. The molecule has 0 aromatic carbocycles. The molecule has 0 aromatic heterocycles. The van der Waals surface area contributed by atoms with E-state index in [2.05, 4.69) is 6.92 Å². The van der Waals surface area contributed by atoms with E-state index in [4.69, 9.17) is 0 Å². The maximum Gasteiger partial charge on any atom is 0.164 e. The molecule has 1 N–H and O–H groups in total. The van der Waals surface area contributed by atoms with E-state index in [1.54, 1.807) is 0 Å². The Hall–Kier alpha value is -0.370. The molecule has 0 bridgehead atoms. The van der Waals surface area contributed by atoms with Gasteiger partial charge in [0, 0.05) is 6.42 Å². The Balaban J connectivity index is 2.73. The number of ketones is 1. The summed E-state index contributed by atoms with van der Waals surface area (Å²) in [5.74, 6) is 0.547. The summed E-state index contributed by atoms with van der Waals surface area (Å²) >= 11 is 0. The van der Waals surface area contributed by atoms with E-state index in [0.29, 0.717) is 18.8 Å². The van der Waals surface area contributed by atoms with Gasteiger partial charge in [0.1, 0.15) is 5.60 Å². The lowest BCUT2D eigenvalue weighted by molar-refractivity contribution is -0.148. The third-order valence-electron chi connectivity index (χ3n) is 2.99. The van der Waals surface area contributed by atoms with E-state index in [1.807, 2.05) is 13.8 Å². The summed E-state index contributed by atoms with van der Waals surface area (Å²) in [6.45, 7) is 5.89. The van der Waals surface area contributed by atoms with E-state index in [-0.39, 0.29) is 11.7 Å². The zero-order valence-electron chi connectivity index (χ0n) is 8.13. The van der Waals surface area contributed by atoms with E-state index in [9.17, 15) is 9.90 Å². The van der Waals surface area contributed by atoms with Crippen LogP contribution in [0.3, 0.4) is 0 Å². The fourth-order valence-corrected chi connectivity index (χ4v) is 1.81. The van der Waals surface area contributed by atoms with Crippen molar-refractivity contribution < 1.29 is 9.90 Å². The van der Waals surface area contributed by atoms with Crippen LogP contribution in [-0.2, 0) is 4.79 Å². The lowest BCUT2D eigenvalue weighted by Crippen LogP contribution is -2.47. The van der Waals surface area contributed by atoms with E-state index in [0.717, 1.165) is 6.42 Å². The summed E-state index contributed by atoms with van der Waals surface area (Å²) in [7, 11) is 0. The van der Waals surface area contributed by atoms with Crippen LogP contribution in [0.2, 0.25) is 0 Å². The Morgan fingerprint density at radius 2 is 2.17 bits per heavy atom. The van der Waals surface area contributed by atoms with Crippen molar-refractivity contribution in [1.29, 1.82) is 0 Å². The zero-order chi connectivity index (χ0) is 9.35. The normalized spacial score (nSPS) is 37.4. The maximum absolute atomic E-state index is 11.5. The number of hydrogen-bond donors (Lipinski definition) is 1. The molecule has 70 valence electrons. The van der Waals surface area contributed by atoms with Crippen molar-refractivity contribution in [3.05, 3.63) is 0 Å². The van der Waals surface area contributed by atoms with Gasteiger partial charge in [-0.3, -0.25) is 4.79 Å². The van der Waals surface area contributed by atoms with Crippen molar-refractivity contribution in [1.82, 2.24) is 0 Å². The van der Waals surface area contributed by atoms with Crippen molar-refractivity contribution >= 4 is 5.78 Å². The van der Waals surface area contributed by atoms with Crippen LogP contribution in [0.4, 0.5) is 0 Å². The van der Waals surface area contributed by atoms with Crippen molar-refractivity contribution in [2.24, 2.45) is 11.8 Å². The van der Waals surface area contributed by atoms with Gasteiger partial charge in [0.2, 0.25) is 0 Å². The molecule has 0 amide bonds. The monoisotopic (exact) mass is 170 g/mol. The number of Topliss-reactive ketones (excluding diaryl/α,β-unsaturated/α-hetero) is 1. The van der Waals surface area contributed by atoms with E-state index < -0.39 is 5.60 Å².